The number of rotatable bonds is 5. The Morgan fingerprint density at radius 1 is 0.970 bits per heavy atom. The Kier molecular flexibility index (Phi) is 4.50. The topological polar surface area (TPSA) is 64.9 Å². The number of nitrogens with zero attached hydrogens (tertiary/aromatic N) is 4. The molecule has 6 nitrogen and oxygen atoms in total. The van der Waals surface area contributed by atoms with E-state index in [1.165, 1.54) is 54.4 Å². The molecule has 1 aliphatic heterocycles. The third-order valence-electron chi connectivity index (χ3n) is 8.57. The van der Waals surface area contributed by atoms with E-state index < -0.39 is 0 Å². The molecule has 3 aliphatic carbocycles. The Morgan fingerprint density at radius 3 is 2.70 bits per heavy atom. The second-order valence-corrected chi connectivity index (χ2v) is 10.8. The van der Waals surface area contributed by atoms with Crippen LogP contribution in [-0.4, -0.2) is 40.0 Å². The quantitative estimate of drug-likeness (QED) is 0.651. The third kappa shape index (κ3) is 3.18. The van der Waals surface area contributed by atoms with Crippen molar-refractivity contribution in [3.63, 3.8) is 0 Å². The van der Waals surface area contributed by atoms with Gasteiger partial charge < -0.3 is 10.1 Å². The molecule has 1 N–H and O–H groups in total. The summed E-state index contributed by atoms with van der Waals surface area (Å²) in [6, 6.07) is 15.7. The van der Waals surface area contributed by atoms with Crippen LogP contribution in [0.5, 0.6) is 0 Å². The molecule has 0 radical (unpaired) electrons. The van der Waals surface area contributed by atoms with Crippen LogP contribution in [0.25, 0.3) is 5.69 Å². The van der Waals surface area contributed by atoms with Gasteiger partial charge in [0.1, 0.15) is 0 Å². The number of ether oxygens (including phenoxy) is 1. The van der Waals surface area contributed by atoms with Gasteiger partial charge in [0.2, 0.25) is 0 Å². The predicted molar refractivity (Wildman–Crippen MR) is 125 cm³/mol. The second kappa shape index (κ2) is 7.47. The lowest BCUT2D eigenvalue weighted by molar-refractivity contribution is -0.198. The molecule has 7 rings (SSSR count). The van der Waals surface area contributed by atoms with Crippen molar-refractivity contribution in [3.8, 4) is 5.69 Å². The first-order valence-electron chi connectivity index (χ1n) is 12.6. The number of aryl methyl sites for hydroxylation is 3. The van der Waals surface area contributed by atoms with E-state index in [2.05, 4.69) is 63.3 Å². The molecule has 1 spiro atoms. The van der Waals surface area contributed by atoms with E-state index in [9.17, 15) is 0 Å². The monoisotopic (exact) mass is 441 g/mol. The standard InChI is InChI=1S/C27H31N5O/c1-2-10-24-20(5-1)7-4-9-22(24)14-28-27(15-26(16-27)17-33-18-26)25-29-30-31-32(25)23-12-11-19-6-3-8-21(19)13-23/h1-2,5,10-13,22,28H,3-4,6-9,14-18H2. The Balaban J connectivity index is 1.20. The van der Waals surface area contributed by atoms with E-state index in [1.807, 2.05) is 4.68 Å². The highest BCUT2D eigenvalue weighted by atomic mass is 16.5. The Bertz CT molecular complexity index is 1190. The van der Waals surface area contributed by atoms with Crippen molar-refractivity contribution in [2.45, 2.75) is 62.8 Å². The van der Waals surface area contributed by atoms with Crippen molar-refractivity contribution in [2.75, 3.05) is 19.8 Å². The normalized spacial score (nSPS) is 24.1. The smallest absolute Gasteiger partial charge is 0.176 e. The van der Waals surface area contributed by atoms with Gasteiger partial charge in [-0.1, -0.05) is 30.3 Å². The lowest BCUT2D eigenvalue weighted by Crippen LogP contribution is -2.66. The molecule has 2 fully saturated rings. The SMILES string of the molecule is c1ccc2c(c1)CCCC2CNC1(c2nnnn2-c2ccc3c(c2)CCC3)CC2(COC2)C1. The summed E-state index contributed by atoms with van der Waals surface area (Å²) < 4.78 is 7.60. The molecule has 3 aromatic rings. The Morgan fingerprint density at radius 2 is 1.82 bits per heavy atom. The molecule has 170 valence electrons. The van der Waals surface area contributed by atoms with Gasteiger partial charge in [0.05, 0.1) is 24.4 Å². The minimum atomic E-state index is -0.196. The number of tetrazole rings is 1. The fourth-order valence-electron chi connectivity index (χ4n) is 6.92. The van der Waals surface area contributed by atoms with E-state index in [0.29, 0.717) is 11.3 Å². The first-order chi connectivity index (χ1) is 16.2. The zero-order valence-electron chi connectivity index (χ0n) is 19.1. The molecule has 1 unspecified atom stereocenters. The summed E-state index contributed by atoms with van der Waals surface area (Å²) in [5, 5.41) is 17.2. The third-order valence-corrected chi connectivity index (χ3v) is 8.57. The van der Waals surface area contributed by atoms with Crippen LogP contribution in [0, 0.1) is 5.41 Å². The number of nitrogens with one attached hydrogen (secondary N) is 1. The summed E-state index contributed by atoms with van der Waals surface area (Å²) in [7, 11) is 0. The molecular weight excluding hydrogens is 410 g/mol. The minimum absolute atomic E-state index is 0.196. The van der Waals surface area contributed by atoms with Crippen LogP contribution in [0.2, 0.25) is 0 Å². The van der Waals surface area contributed by atoms with Crippen LogP contribution in [-0.2, 0) is 29.5 Å². The second-order valence-electron chi connectivity index (χ2n) is 10.8. The average molecular weight is 442 g/mol. The van der Waals surface area contributed by atoms with Gasteiger partial charge >= 0.3 is 0 Å². The highest BCUT2D eigenvalue weighted by molar-refractivity contribution is 5.43. The van der Waals surface area contributed by atoms with Crippen molar-refractivity contribution in [1.82, 2.24) is 25.5 Å². The molecule has 2 aromatic carbocycles. The number of benzene rings is 2. The fourth-order valence-corrected chi connectivity index (χ4v) is 6.92. The molecule has 1 saturated carbocycles. The van der Waals surface area contributed by atoms with E-state index >= 15 is 0 Å². The predicted octanol–water partition coefficient (Wildman–Crippen LogP) is 3.87. The highest BCUT2D eigenvalue weighted by Crippen LogP contribution is 2.57. The maximum Gasteiger partial charge on any atom is 0.176 e. The molecule has 2 heterocycles. The Hall–Kier alpha value is -2.57. The molecule has 1 aromatic heterocycles. The van der Waals surface area contributed by atoms with Crippen LogP contribution in [0.1, 0.15) is 66.1 Å². The van der Waals surface area contributed by atoms with Gasteiger partial charge in [0.15, 0.2) is 5.82 Å². The van der Waals surface area contributed by atoms with E-state index in [4.69, 9.17) is 4.74 Å². The number of fused-ring (bicyclic) bond motifs is 2. The summed E-state index contributed by atoms with van der Waals surface area (Å²) in [6.07, 6.45) is 9.39. The summed E-state index contributed by atoms with van der Waals surface area (Å²) >= 11 is 0. The molecule has 0 amide bonds. The minimum Gasteiger partial charge on any atom is -0.380 e. The first kappa shape index (κ1) is 19.9. The number of hydrogen-bond donors (Lipinski definition) is 1. The molecule has 1 atom stereocenters. The maximum absolute atomic E-state index is 5.61. The van der Waals surface area contributed by atoms with Gasteiger partial charge in [-0.05, 0) is 102 Å². The van der Waals surface area contributed by atoms with E-state index in [0.717, 1.165) is 50.5 Å². The maximum atomic E-state index is 5.61. The van der Waals surface area contributed by atoms with Gasteiger partial charge in [-0.15, -0.1) is 5.10 Å². The van der Waals surface area contributed by atoms with E-state index in [1.54, 1.807) is 0 Å². The lowest BCUT2D eigenvalue weighted by Gasteiger charge is -2.59. The average Bonchev–Trinajstić information content (AvgIpc) is 3.47. The first-order valence-corrected chi connectivity index (χ1v) is 12.6. The molecule has 0 bridgehead atoms. The van der Waals surface area contributed by atoms with Crippen molar-refractivity contribution in [1.29, 1.82) is 0 Å². The Labute approximate surface area is 194 Å². The van der Waals surface area contributed by atoms with Gasteiger partial charge in [-0.25, -0.2) is 0 Å². The van der Waals surface area contributed by atoms with E-state index in [-0.39, 0.29) is 5.54 Å². The van der Waals surface area contributed by atoms with Crippen molar-refractivity contribution in [3.05, 3.63) is 70.5 Å². The molecular formula is C27H31N5O. The molecule has 33 heavy (non-hydrogen) atoms. The van der Waals surface area contributed by atoms with Crippen molar-refractivity contribution in [2.24, 2.45) is 5.41 Å². The summed E-state index contributed by atoms with van der Waals surface area (Å²) in [4.78, 5) is 0. The van der Waals surface area contributed by atoms with Gasteiger partial charge in [-0.2, -0.15) is 4.68 Å². The lowest BCUT2D eigenvalue weighted by atomic mass is 9.55. The summed E-state index contributed by atoms with van der Waals surface area (Å²) in [5.41, 5.74) is 7.16. The van der Waals surface area contributed by atoms with Gasteiger partial charge in [0, 0.05) is 12.0 Å². The highest BCUT2D eigenvalue weighted by Gasteiger charge is 2.61. The molecule has 4 aliphatic rings. The van der Waals surface area contributed by atoms with Crippen LogP contribution >= 0.6 is 0 Å². The van der Waals surface area contributed by atoms with Crippen molar-refractivity contribution >= 4 is 0 Å². The van der Waals surface area contributed by atoms with Crippen LogP contribution in [0.3, 0.4) is 0 Å². The van der Waals surface area contributed by atoms with Crippen molar-refractivity contribution < 1.29 is 4.74 Å². The zero-order chi connectivity index (χ0) is 21.9. The summed E-state index contributed by atoms with van der Waals surface area (Å²) in [6.45, 7) is 2.69. The van der Waals surface area contributed by atoms with Gasteiger partial charge in [-0.3, -0.25) is 0 Å². The zero-order valence-corrected chi connectivity index (χ0v) is 19.1. The fraction of sp³-hybridized carbons (Fsp3) is 0.519. The number of hydrogen-bond acceptors (Lipinski definition) is 5. The molecule has 6 heteroatoms. The van der Waals surface area contributed by atoms with Crippen LogP contribution in [0.4, 0.5) is 0 Å². The van der Waals surface area contributed by atoms with Crippen LogP contribution < -0.4 is 5.32 Å². The largest absolute Gasteiger partial charge is 0.380 e. The number of aromatic nitrogens is 4. The summed E-state index contributed by atoms with van der Waals surface area (Å²) in [5.74, 6) is 1.51. The molecule has 1 saturated heterocycles. The van der Waals surface area contributed by atoms with Crippen LogP contribution in [0.15, 0.2) is 42.5 Å². The van der Waals surface area contributed by atoms with Gasteiger partial charge in [0.25, 0.3) is 0 Å².